The molecule has 0 atom stereocenters. The quantitative estimate of drug-likeness (QED) is 0.776. The lowest BCUT2D eigenvalue weighted by atomic mass is 9.81. The third kappa shape index (κ3) is 4.39. The first-order valence-electron chi connectivity index (χ1n) is 7.00. The van der Waals surface area contributed by atoms with Crippen molar-refractivity contribution in [2.45, 2.75) is 39.8 Å². The van der Waals surface area contributed by atoms with E-state index in [4.69, 9.17) is 5.73 Å². The Morgan fingerprint density at radius 3 is 2.48 bits per heavy atom. The van der Waals surface area contributed by atoms with Crippen LogP contribution in [0, 0.1) is 5.41 Å². The van der Waals surface area contributed by atoms with Crippen LogP contribution in [0.4, 0.5) is 8.78 Å². The van der Waals surface area contributed by atoms with Gasteiger partial charge >= 0.3 is 6.61 Å². The van der Waals surface area contributed by atoms with Crippen LogP contribution in [0.15, 0.2) is 24.3 Å². The average Bonchev–Trinajstić information content (AvgIpc) is 2.48. The molecule has 1 aromatic rings. The minimum absolute atomic E-state index is 0.0687. The van der Waals surface area contributed by atoms with E-state index in [1.807, 2.05) is 13.8 Å². The highest BCUT2D eigenvalue weighted by atomic mass is 19.3. The Bertz CT molecular complexity index is 454. The number of benzene rings is 1. The maximum atomic E-state index is 12.3. The molecule has 0 aliphatic carbocycles. The van der Waals surface area contributed by atoms with Gasteiger partial charge in [-0.2, -0.15) is 8.78 Å². The van der Waals surface area contributed by atoms with Crippen LogP contribution < -0.4 is 15.8 Å². The number of halogens is 2. The number of nitrogens with two attached hydrogens (primary N) is 1. The van der Waals surface area contributed by atoms with Crippen molar-refractivity contribution in [2.75, 3.05) is 6.54 Å². The molecule has 0 radical (unpaired) electrons. The van der Waals surface area contributed by atoms with Gasteiger partial charge in [0.15, 0.2) is 0 Å². The van der Waals surface area contributed by atoms with Crippen LogP contribution in [0.25, 0.3) is 0 Å². The number of hydrogen-bond acceptors (Lipinski definition) is 3. The molecule has 0 saturated carbocycles. The van der Waals surface area contributed by atoms with Gasteiger partial charge < -0.3 is 15.8 Å². The number of ether oxygens (including phenoxy) is 1. The Hall–Kier alpha value is -1.69. The number of amides is 1. The highest BCUT2D eigenvalue weighted by Gasteiger charge is 2.33. The summed E-state index contributed by atoms with van der Waals surface area (Å²) in [5, 5.41) is 2.76. The molecule has 6 heteroatoms. The number of carbonyl (C=O) groups excluding carboxylic acids is 1. The lowest BCUT2D eigenvalue weighted by Gasteiger charge is -2.28. The first-order valence-corrected chi connectivity index (χ1v) is 7.00. The van der Waals surface area contributed by atoms with Crippen molar-refractivity contribution in [3.05, 3.63) is 29.8 Å². The van der Waals surface area contributed by atoms with E-state index in [0.717, 1.165) is 0 Å². The fourth-order valence-corrected chi connectivity index (χ4v) is 2.18. The predicted molar refractivity (Wildman–Crippen MR) is 77.0 cm³/mol. The van der Waals surface area contributed by atoms with Crippen molar-refractivity contribution < 1.29 is 18.3 Å². The molecule has 0 aliphatic heterocycles. The summed E-state index contributed by atoms with van der Waals surface area (Å²) in [5.41, 5.74) is 5.60. The minimum atomic E-state index is -2.89. The molecule has 1 aromatic carbocycles. The number of alkyl halides is 2. The van der Waals surface area contributed by atoms with Crippen molar-refractivity contribution in [3.8, 4) is 5.75 Å². The predicted octanol–water partition coefficient (Wildman–Crippen LogP) is 2.67. The SMILES string of the molecule is CCC(CC)(CN)C(=O)NCc1ccccc1OC(F)F. The maximum absolute atomic E-state index is 12.3. The van der Waals surface area contributed by atoms with Gasteiger partial charge in [0.25, 0.3) is 0 Å². The fourth-order valence-electron chi connectivity index (χ4n) is 2.18. The summed E-state index contributed by atoms with van der Waals surface area (Å²) in [7, 11) is 0. The molecule has 21 heavy (non-hydrogen) atoms. The van der Waals surface area contributed by atoms with E-state index >= 15 is 0 Å². The largest absolute Gasteiger partial charge is 0.434 e. The molecule has 0 aromatic heterocycles. The molecule has 3 N–H and O–H groups in total. The third-order valence-corrected chi connectivity index (χ3v) is 3.85. The molecule has 118 valence electrons. The van der Waals surface area contributed by atoms with Crippen LogP contribution in [0.3, 0.4) is 0 Å². The molecule has 4 nitrogen and oxygen atoms in total. The van der Waals surface area contributed by atoms with Crippen LogP contribution in [0.2, 0.25) is 0 Å². The van der Waals surface area contributed by atoms with E-state index in [9.17, 15) is 13.6 Å². The second-order valence-corrected chi connectivity index (χ2v) is 4.86. The number of hydrogen-bond donors (Lipinski definition) is 2. The van der Waals surface area contributed by atoms with E-state index in [0.29, 0.717) is 18.4 Å². The highest BCUT2D eigenvalue weighted by Crippen LogP contribution is 2.26. The van der Waals surface area contributed by atoms with E-state index in [1.165, 1.54) is 6.07 Å². The monoisotopic (exact) mass is 300 g/mol. The molecule has 1 amide bonds. The van der Waals surface area contributed by atoms with Gasteiger partial charge in [0, 0.05) is 18.7 Å². The first kappa shape index (κ1) is 17.4. The van der Waals surface area contributed by atoms with Gasteiger partial charge in [-0.25, -0.2) is 0 Å². The number of carbonyl (C=O) groups is 1. The van der Waals surface area contributed by atoms with Gasteiger partial charge in [-0.05, 0) is 18.9 Å². The summed E-state index contributed by atoms with van der Waals surface area (Å²) < 4.78 is 29.1. The molecule has 0 unspecified atom stereocenters. The number of para-hydroxylation sites is 1. The Kier molecular flexibility index (Phi) is 6.55. The van der Waals surface area contributed by atoms with Crippen LogP contribution >= 0.6 is 0 Å². The lowest BCUT2D eigenvalue weighted by Crippen LogP contribution is -2.45. The van der Waals surface area contributed by atoms with Crippen LogP contribution in [0.1, 0.15) is 32.3 Å². The molecule has 0 fully saturated rings. The Morgan fingerprint density at radius 1 is 1.33 bits per heavy atom. The smallest absolute Gasteiger partial charge is 0.387 e. The van der Waals surface area contributed by atoms with Gasteiger partial charge in [0.2, 0.25) is 5.91 Å². The van der Waals surface area contributed by atoms with Crippen molar-refractivity contribution in [1.29, 1.82) is 0 Å². The normalized spacial score (nSPS) is 11.5. The second-order valence-electron chi connectivity index (χ2n) is 4.86. The fraction of sp³-hybridized carbons (Fsp3) is 0.533. The average molecular weight is 300 g/mol. The zero-order chi connectivity index (χ0) is 15.9. The van der Waals surface area contributed by atoms with Gasteiger partial charge in [-0.3, -0.25) is 4.79 Å². The molecule has 0 saturated heterocycles. The van der Waals surface area contributed by atoms with Gasteiger partial charge in [0.1, 0.15) is 5.75 Å². The first-order chi connectivity index (χ1) is 9.99. The van der Waals surface area contributed by atoms with Crippen LogP contribution in [-0.2, 0) is 11.3 Å². The zero-order valence-corrected chi connectivity index (χ0v) is 12.4. The molecule has 0 bridgehead atoms. The van der Waals surface area contributed by atoms with Crippen molar-refractivity contribution in [1.82, 2.24) is 5.32 Å². The zero-order valence-electron chi connectivity index (χ0n) is 12.4. The van der Waals surface area contributed by atoms with E-state index < -0.39 is 12.0 Å². The Morgan fingerprint density at radius 2 is 1.95 bits per heavy atom. The number of nitrogens with one attached hydrogen (secondary N) is 1. The molecule has 0 aliphatic rings. The summed E-state index contributed by atoms with van der Waals surface area (Å²) >= 11 is 0. The van der Waals surface area contributed by atoms with Crippen molar-refractivity contribution in [3.63, 3.8) is 0 Å². The van der Waals surface area contributed by atoms with Gasteiger partial charge in [-0.1, -0.05) is 32.0 Å². The third-order valence-electron chi connectivity index (χ3n) is 3.85. The van der Waals surface area contributed by atoms with E-state index in [1.54, 1.807) is 18.2 Å². The van der Waals surface area contributed by atoms with Crippen LogP contribution in [-0.4, -0.2) is 19.1 Å². The van der Waals surface area contributed by atoms with Crippen molar-refractivity contribution in [2.24, 2.45) is 11.1 Å². The van der Waals surface area contributed by atoms with E-state index in [2.05, 4.69) is 10.1 Å². The Labute approximate surface area is 123 Å². The summed E-state index contributed by atoms with van der Waals surface area (Å²) in [6, 6.07) is 6.39. The molecule has 0 heterocycles. The van der Waals surface area contributed by atoms with Crippen molar-refractivity contribution >= 4 is 5.91 Å². The standard InChI is InChI=1S/C15H22F2N2O2/c1-3-15(4-2,10-18)13(20)19-9-11-7-5-6-8-12(11)21-14(16)17/h5-8,14H,3-4,9-10,18H2,1-2H3,(H,19,20). The van der Waals surface area contributed by atoms with Gasteiger partial charge in [0.05, 0.1) is 5.41 Å². The lowest BCUT2D eigenvalue weighted by molar-refractivity contribution is -0.131. The maximum Gasteiger partial charge on any atom is 0.387 e. The Balaban J connectivity index is 2.77. The second kappa shape index (κ2) is 7.93. The highest BCUT2D eigenvalue weighted by molar-refractivity contribution is 5.82. The molecular formula is C15H22F2N2O2. The molecule has 1 rings (SSSR count). The summed E-state index contributed by atoms with van der Waals surface area (Å²) in [6.07, 6.45) is 1.25. The van der Waals surface area contributed by atoms with Gasteiger partial charge in [-0.15, -0.1) is 0 Å². The van der Waals surface area contributed by atoms with E-state index in [-0.39, 0.29) is 24.7 Å². The molecule has 0 spiro atoms. The number of rotatable bonds is 8. The summed E-state index contributed by atoms with van der Waals surface area (Å²) in [4.78, 5) is 12.3. The van der Waals surface area contributed by atoms with Crippen LogP contribution in [0.5, 0.6) is 5.75 Å². The minimum Gasteiger partial charge on any atom is -0.434 e. The summed E-state index contributed by atoms with van der Waals surface area (Å²) in [5.74, 6) is -0.0963. The summed E-state index contributed by atoms with van der Waals surface area (Å²) in [6.45, 7) is 1.30. The molecular weight excluding hydrogens is 278 g/mol. The topological polar surface area (TPSA) is 64.4 Å².